The maximum atomic E-state index is 2.38. The van der Waals surface area contributed by atoms with Crippen molar-refractivity contribution >= 4 is 18.9 Å². The second-order valence-corrected chi connectivity index (χ2v) is 6.37. The van der Waals surface area contributed by atoms with Gasteiger partial charge >= 0.3 is 18.9 Å². The minimum atomic E-state index is 0. The van der Waals surface area contributed by atoms with Crippen LogP contribution in [0.25, 0.3) is 0 Å². The van der Waals surface area contributed by atoms with E-state index in [1.807, 2.05) is 0 Å². The number of hydrogen-bond acceptors (Lipinski definition) is 0. The molecule has 0 aliphatic heterocycles. The third kappa shape index (κ3) is 1.50. The molecule has 0 N–H and O–H groups in total. The normalized spacial score (nSPS) is 48.6. The number of allylic oxidation sites excluding steroid dienone is 4. The molecule has 0 aromatic carbocycles. The Hall–Kier alpha value is 0.0774. The Labute approximate surface area is 111 Å². The van der Waals surface area contributed by atoms with Crippen LogP contribution in [0.1, 0.15) is 38.5 Å². The van der Waals surface area contributed by atoms with E-state index in [9.17, 15) is 0 Å². The van der Waals surface area contributed by atoms with Crippen molar-refractivity contribution < 1.29 is 0 Å². The summed E-state index contributed by atoms with van der Waals surface area (Å²) in [4.78, 5) is 0. The first-order valence-electron chi connectivity index (χ1n) is 6.56. The van der Waals surface area contributed by atoms with Crippen LogP contribution in [-0.4, -0.2) is 18.9 Å². The van der Waals surface area contributed by atoms with E-state index in [1.54, 1.807) is 25.2 Å². The average Bonchev–Trinajstić information content (AvgIpc) is 2.67. The predicted octanol–water partition coefficient (Wildman–Crippen LogP) is 3.25. The van der Waals surface area contributed by atoms with Crippen LogP contribution in [0.15, 0.2) is 24.3 Å². The van der Waals surface area contributed by atoms with Gasteiger partial charge in [-0.1, -0.05) is 24.3 Å². The SMILES string of the molecule is C1=C[C](C23CC4CC(CC(C4)C2)C3)C=C1.[LiH]. The van der Waals surface area contributed by atoms with Gasteiger partial charge in [0, 0.05) is 5.92 Å². The van der Waals surface area contributed by atoms with Gasteiger partial charge in [-0.05, 0) is 61.7 Å². The van der Waals surface area contributed by atoms with Crippen molar-refractivity contribution in [3.8, 4) is 0 Å². The standard InChI is InChI=1S/C15H19.Li.H/c1-2-4-14(3-1)15-8-11-5-12(9-15)7-13(6-11)10-15;;/h1-4,11-13H,5-10H2;;. The minimum absolute atomic E-state index is 0. The molecule has 1 heteroatoms. The Morgan fingerprint density at radius 2 is 1.25 bits per heavy atom. The van der Waals surface area contributed by atoms with Gasteiger partial charge in [-0.15, -0.1) is 0 Å². The molecule has 0 saturated heterocycles. The van der Waals surface area contributed by atoms with E-state index in [0.717, 1.165) is 17.8 Å². The zero-order chi connectivity index (χ0) is 9.88. The van der Waals surface area contributed by atoms with Crippen molar-refractivity contribution in [1.82, 2.24) is 0 Å². The molecule has 0 nitrogen and oxygen atoms in total. The van der Waals surface area contributed by atoms with Crippen LogP contribution in [0.3, 0.4) is 0 Å². The zero-order valence-electron chi connectivity index (χ0n) is 9.28. The molecule has 0 spiro atoms. The molecule has 0 amide bonds. The fraction of sp³-hybridized carbons (Fsp3) is 0.667. The molecular weight excluding hydrogens is 187 g/mol. The van der Waals surface area contributed by atoms with E-state index in [-0.39, 0.29) is 18.9 Å². The molecular formula is C15H20Li. The monoisotopic (exact) mass is 207 g/mol. The summed E-state index contributed by atoms with van der Waals surface area (Å²) >= 11 is 0. The van der Waals surface area contributed by atoms with Crippen molar-refractivity contribution in [2.45, 2.75) is 38.5 Å². The Morgan fingerprint density at radius 3 is 1.69 bits per heavy atom. The molecule has 0 atom stereocenters. The molecule has 0 unspecified atom stereocenters. The van der Waals surface area contributed by atoms with Gasteiger partial charge in [0.15, 0.2) is 0 Å². The summed E-state index contributed by atoms with van der Waals surface area (Å²) in [6, 6.07) is 0. The Kier molecular flexibility index (Phi) is 2.65. The summed E-state index contributed by atoms with van der Waals surface area (Å²) in [5.74, 6) is 4.89. The molecule has 1 radical (unpaired) electrons. The number of hydrogen-bond donors (Lipinski definition) is 0. The van der Waals surface area contributed by atoms with Crippen molar-refractivity contribution in [1.29, 1.82) is 0 Å². The molecule has 0 aromatic rings. The van der Waals surface area contributed by atoms with Crippen molar-refractivity contribution in [2.24, 2.45) is 23.2 Å². The molecule has 4 fully saturated rings. The molecule has 5 aliphatic carbocycles. The first-order valence-corrected chi connectivity index (χ1v) is 6.56. The van der Waals surface area contributed by atoms with Gasteiger partial charge < -0.3 is 0 Å². The van der Waals surface area contributed by atoms with Crippen molar-refractivity contribution in [2.75, 3.05) is 0 Å². The summed E-state index contributed by atoms with van der Waals surface area (Å²) in [7, 11) is 0. The summed E-state index contributed by atoms with van der Waals surface area (Å²) < 4.78 is 0. The topological polar surface area (TPSA) is 0 Å². The van der Waals surface area contributed by atoms with Gasteiger partial charge in [0.05, 0.1) is 0 Å². The van der Waals surface area contributed by atoms with E-state index in [0.29, 0.717) is 5.41 Å². The van der Waals surface area contributed by atoms with Crippen LogP contribution in [0.2, 0.25) is 0 Å². The Morgan fingerprint density at radius 1 is 0.812 bits per heavy atom. The Balaban J connectivity index is 0.000000810. The fourth-order valence-corrected chi connectivity index (χ4v) is 5.19. The van der Waals surface area contributed by atoms with Gasteiger partial charge in [0.2, 0.25) is 0 Å². The zero-order valence-corrected chi connectivity index (χ0v) is 9.28. The van der Waals surface area contributed by atoms with Crippen LogP contribution >= 0.6 is 0 Å². The van der Waals surface area contributed by atoms with Gasteiger partial charge in [-0.2, -0.15) is 0 Å². The molecule has 4 bridgehead atoms. The van der Waals surface area contributed by atoms with Crippen LogP contribution in [-0.2, 0) is 0 Å². The van der Waals surface area contributed by atoms with Crippen LogP contribution in [0.5, 0.6) is 0 Å². The third-order valence-electron chi connectivity index (χ3n) is 5.31. The van der Waals surface area contributed by atoms with E-state index in [4.69, 9.17) is 0 Å². The van der Waals surface area contributed by atoms with Gasteiger partial charge in [0.25, 0.3) is 0 Å². The molecule has 0 aromatic heterocycles. The number of rotatable bonds is 1. The molecule has 0 heterocycles. The summed E-state index contributed by atoms with van der Waals surface area (Å²) in [6.45, 7) is 0. The van der Waals surface area contributed by atoms with Crippen molar-refractivity contribution in [3.05, 3.63) is 30.2 Å². The first-order chi connectivity index (χ1) is 7.34. The van der Waals surface area contributed by atoms with E-state index in [2.05, 4.69) is 24.3 Å². The van der Waals surface area contributed by atoms with Crippen LogP contribution in [0, 0.1) is 29.1 Å². The molecule has 16 heavy (non-hydrogen) atoms. The molecule has 5 aliphatic rings. The van der Waals surface area contributed by atoms with Crippen LogP contribution < -0.4 is 0 Å². The predicted molar refractivity (Wildman–Crippen MR) is 69.3 cm³/mol. The third-order valence-corrected chi connectivity index (χ3v) is 5.31. The van der Waals surface area contributed by atoms with Crippen molar-refractivity contribution in [3.63, 3.8) is 0 Å². The quantitative estimate of drug-likeness (QED) is 0.579. The van der Waals surface area contributed by atoms with E-state index >= 15 is 0 Å². The van der Waals surface area contributed by atoms with E-state index < -0.39 is 0 Å². The maximum absolute atomic E-state index is 2.38. The Bertz CT molecular complexity index is 292. The molecule has 5 rings (SSSR count). The second kappa shape index (κ2) is 3.79. The summed E-state index contributed by atoms with van der Waals surface area (Å²) in [5.41, 5.74) is 0.623. The van der Waals surface area contributed by atoms with Gasteiger partial charge in [-0.3, -0.25) is 0 Å². The fourth-order valence-electron chi connectivity index (χ4n) is 5.19. The summed E-state index contributed by atoms with van der Waals surface area (Å²) in [5, 5.41) is 0. The van der Waals surface area contributed by atoms with E-state index in [1.165, 1.54) is 19.3 Å². The first kappa shape index (κ1) is 11.2. The molecule has 4 saturated carbocycles. The van der Waals surface area contributed by atoms with Gasteiger partial charge in [-0.25, -0.2) is 0 Å². The van der Waals surface area contributed by atoms with Crippen LogP contribution in [0.4, 0.5) is 0 Å². The second-order valence-electron chi connectivity index (χ2n) is 6.37. The summed E-state index contributed by atoms with van der Waals surface area (Å²) in [6.07, 6.45) is 18.4. The van der Waals surface area contributed by atoms with Gasteiger partial charge in [0.1, 0.15) is 0 Å². The average molecular weight is 207 g/mol. The molecule has 81 valence electrons.